The molecule has 0 aliphatic rings. The summed E-state index contributed by atoms with van der Waals surface area (Å²) in [5.41, 5.74) is 6.85. The zero-order chi connectivity index (χ0) is 13.1. The smallest absolute Gasteiger partial charge is 0.230 e. The van der Waals surface area contributed by atoms with E-state index in [2.05, 4.69) is 15.3 Å². The summed E-state index contributed by atoms with van der Waals surface area (Å²) in [6, 6.07) is 5.66. The van der Waals surface area contributed by atoms with E-state index >= 15 is 0 Å². The number of hydrogen-bond acceptors (Lipinski definition) is 4. The SMILES string of the molecule is CCOc1ccc2c(C)nc(NC(=N)N)nc2c1. The highest BCUT2D eigenvalue weighted by atomic mass is 16.5. The summed E-state index contributed by atoms with van der Waals surface area (Å²) >= 11 is 0. The normalized spacial score (nSPS) is 10.3. The average molecular weight is 245 g/mol. The first-order valence-corrected chi connectivity index (χ1v) is 5.62. The summed E-state index contributed by atoms with van der Waals surface area (Å²) in [7, 11) is 0. The summed E-state index contributed by atoms with van der Waals surface area (Å²) in [5, 5.41) is 10.7. The number of anilines is 1. The number of aryl methyl sites for hydroxylation is 1. The monoisotopic (exact) mass is 245 g/mol. The van der Waals surface area contributed by atoms with Gasteiger partial charge < -0.3 is 10.5 Å². The molecule has 0 aliphatic heterocycles. The Morgan fingerprint density at radius 1 is 1.44 bits per heavy atom. The van der Waals surface area contributed by atoms with Crippen molar-refractivity contribution >= 4 is 22.8 Å². The van der Waals surface area contributed by atoms with Crippen molar-refractivity contribution in [2.75, 3.05) is 11.9 Å². The van der Waals surface area contributed by atoms with Crippen LogP contribution in [0.25, 0.3) is 10.9 Å². The van der Waals surface area contributed by atoms with Crippen LogP contribution in [0.15, 0.2) is 18.2 Å². The molecule has 0 saturated heterocycles. The van der Waals surface area contributed by atoms with Crippen LogP contribution in [0.5, 0.6) is 5.75 Å². The molecule has 0 atom stereocenters. The number of nitrogens with one attached hydrogen (secondary N) is 2. The number of fused-ring (bicyclic) bond motifs is 1. The van der Waals surface area contributed by atoms with Gasteiger partial charge >= 0.3 is 0 Å². The molecular formula is C12H15N5O. The number of guanidine groups is 1. The molecule has 1 aromatic carbocycles. The largest absolute Gasteiger partial charge is 0.494 e. The van der Waals surface area contributed by atoms with Gasteiger partial charge in [-0.05, 0) is 26.0 Å². The zero-order valence-electron chi connectivity index (χ0n) is 10.3. The summed E-state index contributed by atoms with van der Waals surface area (Å²) < 4.78 is 5.43. The van der Waals surface area contributed by atoms with Gasteiger partial charge in [-0.15, -0.1) is 0 Å². The highest BCUT2D eigenvalue weighted by molar-refractivity contribution is 5.90. The molecule has 0 radical (unpaired) electrons. The number of hydrogen-bond donors (Lipinski definition) is 3. The third kappa shape index (κ3) is 2.48. The minimum Gasteiger partial charge on any atom is -0.494 e. The standard InChI is InChI=1S/C12H15N5O/c1-3-18-8-4-5-9-7(2)15-12(17-11(13)14)16-10(9)6-8/h4-6H,3H2,1-2H3,(H4,13,14,15,16,17). The summed E-state index contributed by atoms with van der Waals surface area (Å²) in [4.78, 5) is 8.53. The molecule has 1 aromatic heterocycles. The van der Waals surface area contributed by atoms with Crippen LogP contribution in [-0.4, -0.2) is 22.5 Å². The lowest BCUT2D eigenvalue weighted by atomic mass is 10.2. The molecule has 94 valence electrons. The predicted molar refractivity (Wildman–Crippen MR) is 71.0 cm³/mol. The fourth-order valence-electron chi connectivity index (χ4n) is 1.70. The topological polar surface area (TPSA) is 96.9 Å². The molecule has 1 heterocycles. The van der Waals surface area contributed by atoms with Crippen LogP contribution in [0, 0.1) is 12.3 Å². The van der Waals surface area contributed by atoms with Crippen LogP contribution >= 0.6 is 0 Å². The van der Waals surface area contributed by atoms with E-state index in [1.165, 1.54) is 0 Å². The molecule has 4 N–H and O–H groups in total. The number of ether oxygens (including phenoxy) is 1. The van der Waals surface area contributed by atoms with Gasteiger partial charge in [-0.2, -0.15) is 0 Å². The van der Waals surface area contributed by atoms with E-state index in [1.807, 2.05) is 32.0 Å². The van der Waals surface area contributed by atoms with E-state index in [0.717, 1.165) is 22.3 Å². The molecule has 0 amide bonds. The van der Waals surface area contributed by atoms with Crippen molar-refractivity contribution in [2.45, 2.75) is 13.8 Å². The van der Waals surface area contributed by atoms with E-state index in [1.54, 1.807) is 0 Å². The van der Waals surface area contributed by atoms with Crippen LogP contribution in [-0.2, 0) is 0 Å². The first-order valence-electron chi connectivity index (χ1n) is 5.62. The average Bonchev–Trinajstić information content (AvgIpc) is 2.28. The Balaban J connectivity index is 2.50. The number of nitrogens with two attached hydrogens (primary N) is 1. The van der Waals surface area contributed by atoms with Crippen LogP contribution < -0.4 is 15.8 Å². The maximum atomic E-state index is 7.18. The maximum absolute atomic E-state index is 7.18. The molecule has 0 fully saturated rings. The van der Waals surface area contributed by atoms with Crippen molar-refractivity contribution in [1.82, 2.24) is 9.97 Å². The van der Waals surface area contributed by atoms with Gasteiger partial charge in [-0.25, -0.2) is 9.97 Å². The van der Waals surface area contributed by atoms with Crippen molar-refractivity contribution in [3.05, 3.63) is 23.9 Å². The Morgan fingerprint density at radius 3 is 2.89 bits per heavy atom. The first-order chi connectivity index (χ1) is 8.60. The van der Waals surface area contributed by atoms with E-state index < -0.39 is 0 Å². The van der Waals surface area contributed by atoms with Gasteiger partial charge in [0.2, 0.25) is 5.95 Å². The van der Waals surface area contributed by atoms with E-state index in [0.29, 0.717) is 12.6 Å². The molecule has 0 spiro atoms. The van der Waals surface area contributed by atoms with E-state index in [-0.39, 0.29) is 5.96 Å². The fourth-order valence-corrected chi connectivity index (χ4v) is 1.70. The molecular weight excluding hydrogens is 230 g/mol. The number of aromatic nitrogens is 2. The van der Waals surface area contributed by atoms with E-state index in [9.17, 15) is 0 Å². The number of nitrogens with zero attached hydrogens (tertiary/aromatic N) is 2. The summed E-state index contributed by atoms with van der Waals surface area (Å²) in [5.74, 6) is 0.896. The molecule has 0 unspecified atom stereocenters. The predicted octanol–water partition coefficient (Wildman–Crippen LogP) is 1.64. The number of rotatable bonds is 3. The fraction of sp³-hybridized carbons (Fsp3) is 0.250. The van der Waals surface area contributed by atoms with Crippen LogP contribution in [0.2, 0.25) is 0 Å². The lowest BCUT2D eigenvalue weighted by Crippen LogP contribution is -2.22. The molecule has 0 saturated carbocycles. The van der Waals surface area contributed by atoms with Gasteiger partial charge in [0.25, 0.3) is 0 Å². The highest BCUT2D eigenvalue weighted by Gasteiger charge is 2.06. The summed E-state index contributed by atoms with van der Waals surface area (Å²) in [6.07, 6.45) is 0. The van der Waals surface area contributed by atoms with Crippen LogP contribution in [0.4, 0.5) is 5.95 Å². The second-order valence-corrected chi connectivity index (χ2v) is 3.78. The minimum absolute atomic E-state index is 0.185. The quantitative estimate of drug-likeness (QED) is 0.564. The minimum atomic E-state index is -0.185. The van der Waals surface area contributed by atoms with Gasteiger partial charge in [0.1, 0.15) is 5.75 Å². The van der Waals surface area contributed by atoms with E-state index in [4.69, 9.17) is 15.9 Å². The molecule has 0 bridgehead atoms. The van der Waals surface area contributed by atoms with Crippen LogP contribution in [0.1, 0.15) is 12.6 Å². The third-order valence-corrected chi connectivity index (χ3v) is 2.42. The van der Waals surface area contributed by atoms with Gasteiger partial charge in [-0.3, -0.25) is 10.7 Å². The molecule has 6 heteroatoms. The summed E-state index contributed by atoms with van der Waals surface area (Å²) in [6.45, 7) is 4.42. The second kappa shape index (κ2) is 4.87. The molecule has 2 rings (SSSR count). The Kier molecular flexibility index (Phi) is 3.27. The van der Waals surface area contributed by atoms with Gasteiger partial charge in [-0.1, -0.05) is 0 Å². The van der Waals surface area contributed by atoms with Crippen molar-refractivity contribution in [2.24, 2.45) is 5.73 Å². The van der Waals surface area contributed by atoms with Crippen molar-refractivity contribution in [1.29, 1.82) is 5.41 Å². The lowest BCUT2D eigenvalue weighted by molar-refractivity contribution is 0.340. The zero-order valence-corrected chi connectivity index (χ0v) is 10.3. The Labute approximate surface area is 105 Å². The lowest BCUT2D eigenvalue weighted by Gasteiger charge is -2.08. The van der Waals surface area contributed by atoms with Crippen LogP contribution in [0.3, 0.4) is 0 Å². The molecule has 18 heavy (non-hydrogen) atoms. The van der Waals surface area contributed by atoms with Crippen molar-refractivity contribution < 1.29 is 4.74 Å². The molecule has 6 nitrogen and oxygen atoms in total. The first kappa shape index (κ1) is 12.1. The second-order valence-electron chi connectivity index (χ2n) is 3.78. The molecule has 0 aliphatic carbocycles. The third-order valence-electron chi connectivity index (χ3n) is 2.42. The Hall–Kier alpha value is -2.37. The Bertz CT molecular complexity index is 596. The number of benzene rings is 1. The Morgan fingerprint density at radius 2 is 2.22 bits per heavy atom. The maximum Gasteiger partial charge on any atom is 0.230 e. The van der Waals surface area contributed by atoms with Gasteiger partial charge in [0, 0.05) is 11.5 Å². The molecule has 2 aromatic rings. The van der Waals surface area contributed by atoms with Gasteiger partial charge in [0.05, 0.1) is 17.8 Å². The van der Waals surface area contributed by atoms with Crippen molar-refractivity contribution in [3.63, 3.8) is 0 Å². The van der Waals surface area contributed by atoms with Crippen molar-refractivity contribution in [3.8, 4) is 5.75 Å². The highest BCUT2D eigenvalue weighted by Crippen LogP contribution is 2.22. The van der Waals surface area contributed by atoms with Gasteiger partial charge in [0.15, 0.2) is 5.96 Å².